The topological polar surface area (TPSA) is 159 Å². The van der Waals surface area contributed by atoms with Crippen molar-refractivity contribution in [2.45, 2.75) is 44.3 Å². The maximum atomic E-state index is 12.4. The number of carboxylic acid groups (broad SMARTS) is 2. The number of nitrogens with one attached hydrogen (secondary N) is 2. The van der Waals surface area contributed by atoms with E-state index in [1.807, 2.05) is 0 Å². The summed E-state index contributed by atoms with van der Waals surface area (Å²) in [6.45, 7) is 1.41. The number of carboxylic acids is 2. The van der Waals surface area contributed by atoms with Gasteiger partial charge in [0.05, 0.1) is 6.04 Å². The van der Waals surface area contributed by atoms with Crippen molar-refractivity contribution in [3.63, 3.8) is 0 Å². The molecule has 1 aromatic carbocycles. The van der Waals surface area contributed by atoms with Crippen molar-refractivity contribution in [1.82, 2.24) is 10.6 Å². The number of benzene rings is 1. The lowest BCUT2D eigenvalue weighted by Crippen LogP contribution is -2.54. The van der Waals surface area contributed by atoms with Gasteiger partial charge in [0.15, 0.2) is 0 Å². The highest BCUT2D eigenvalue weighted by Gasteiger charge is 2.27. The molecule has 1 aromatic rings. The molecule has 142 valence electrons. The van der Waals surface area contributed by atoms with Gasteiger partial charge >= 0.3 is 11.9 Å². The van der Waals surface area contributed by atoms with E-state index in [0.717, 1.165) is 0 Å². The number of amides is 2. The van der Waals surface area contributed by atoms with Crippen LogP contribution in [0.3, 0.4) is 0 Å². The molecule has 0 heterocycles. The Morgan fingerprint density at radius 3 is 2.08 bits per heavy atom. The lowest BCUT2D eigenvalue weighted by Gasteiger charge is -2.22. The van der Waals surface area contributed by atoms with Crippen LogP contribution in [0.2, 0.25) is 0 Å². The first-order valence-electron chi connectivity index (χ1n) is 8.05. The maximum absolute atomic E-state index is 12.4. The van der Waals surface area contributed by atoms with E-state index in [2.05, 4.69) is 10.6 Å². The molecule has 3 atom stereocenters. The number of carbonyl (C=O) groups is 4. The monoisotopic (exact) mass is 365 g/mol. The Morgan fingerprint density at radius 2 is 1.58 bits per heavy atom. The van der Waals surface area contributed by atoms with E-state index in [-0.39, 0.29) is 19.3 Å². The highest BCUT2D eigenvalue weighted by Crippen LogP contribution is 2.05. The van der Waals surface area contributed by atoms with Gasteiger partial charge in [-0.05, 0) is 18.9 Å². The number of rotatable bonds is 10. The summed E-state index contributed by atoms with van der Waals surface area (Å²) in [6.07, 6.45) is -0.500. The minimum Gasteiger partial charge on any atom is -0.481 e. The molecule has 1 rings (SSSR count). The van der Waals surface area contributed by atoms with E-state index in [1.165, 1.54) is 6.92 Å². The van der Waals surface area contributed by atoms with Crippen LogP contribution in [0.25, 0.3) is 0 Å². The summed E-state index contributed by atoms with van der Waals surface area (Å²) in [4.78, 5) is 46.3. The van der Waals surface area contributed by atoms with Crippen LogP contribution in [-0.4, -0.2) is 52.1 Å². The molecule has 0 aliphatic carbocycles. The fraction of sp³-hybridized carbons (Fsp3) is 0.412. The highest BCUT2D eigenvalue weighted by atomic mass is 16.4. The van der Waals surface area contributed by atoms with Gasteiger partial charge < -0.3 is 26.6 Å². The summed E-state index contributed by atoms with van der Waals surface area (Å²) in [5.41, 5.74) is 6.15. The summed E-state index contributed by atoms with van der Waals surface area (Å²) in [5, 5.41) is 22.8. The summed E-state index contributed by atoms with van der Waals surface area (Å²) in [5.74, 6) is -3.79. The van der Waals surface area contributed by atoms with E-state index < -0.39 is 41.9 Å². The third kappa shape index (κ3) is 7.31. The van der Waals surface area contributed by atoms with Crippen molar-refractivity contribution < 1.29 is 29.4 Å². The molecule has 0 radical (unpaired) electrons. The zero-order chi connectivity index (χ0) is 19.7. The molecule has 0 saturated carbocycles. The van der Waals surface area contributed by atoms with Gasteiger partial charge in [-0.3, -0.25) is 14.4 Å². The number of nitrogens with two attached hydrogens (primary N) is 1. The van der Waals surface area contributed by atoms with Crippen molar-refractivity contribution >= 4 is 23.8 Å². The molecular formula is C17H23N3O6. The number of hydrogen-bond donors (Lipinski definition) is 5. The maximum Gasteiger partial charge on any atom is 0.326 e. The van der Waals surface area contributed by atoms with Crippen molar-refractivity contribution in [3.05, 3.63) is 35.9 Å². The first-order valence-corrected chi connectivity index (χ1v) is 8.05. The Labute approximate surface area is 150 Å². The van der Waals surface area contributed by atoms with Gasteiger partial charge in [0, 0.05) is 12.8 Å². The molecule has 0 aliphatic heterocycles. The Morgan fingerprint density at radius 1 is 1.00 bits per heavy atom. The van der Waals surface area contributed by atoms with Crippen LogP contribution >= 0.6 is 0 Å². The van der Waals surface area contributed by atoms with Gasteiger partial charge in [-0.2, -0.15) is 0 Å². The summed E-state index contributed by atoms with van der Waals surface area (Å²) in [7, 11) is 0. The summed E-state index contributed by atoms with van der Waals surface area (Å²) >= 11 is 0. The third-order valence-electron chi connectivity index (χ3n) is 3.59. The lowest BCUT2D eigenvalue weighted by molar-refractivity contribution is -0.143. The second-order valence-corrected chi connectivity index (χ2v) is 5.87. The molecule has 26 heavy (non-hydrogen) atoms. The molecule has 3 unspecified atom stereocenters. The molecule has 0 fully saturated rings. The largest absolute Gasteiger partial charge is 0.481 e. The van der Waals surface area contributed by atoms with Crippen LogP contribution in [0, 0.1) is 0 Å². The molecule has 0 bridgehead atoms. The lowest BCUT2D eigenvalue weighted by atomic mass is 10.0. The highest BCUT2D eigenvalue weighted by molar-refractivity contribution is 5.92. The van der Waals surface area contributed by atoms with Crippen LogP contribution in [0.15, 0.2) is 30.3 Å². The van der Waals surface area contributed by atoms with Crippen LogP contribution in [0.4, 0.5) is 0 Å². The predicted molar refractivity (Wildman–Crippen MR) is 92.2 cm³/mol. The SMILES string of the molecule is CC(N)C(=O)NC(CCC(=O)O)C(=O)NC(Cc1ccccc1)C(=O)O. The smallest absolute Gasteiger partial charge is 0.326 e. The van der Waals surface area contributed by atoms with E-state index >= 15 is 0 Å². The van der Waals surface area contributed by atoms with Gasteiger partial charge in [0.2, 0.25) is 11.8 Å². The van der Waals surface area contributed by atoms with Crippen LogP contribution in [0.5, 0.6) is 0 Å². The first-order chi connectivity index (χ1) is 12.2. The number of aliphatic carboxylic acids is 2. The Balaban J connectivity index is 2.83. The molecular weight excluding hydrogens is 342 g/mol. The molecule has 9 nitrogen and oxygen atoms in total. The second-order valence-electron chi connectivity index (χ2n) is 5.87. The second kappa shape index (κ2) is 10.1. The van der Waals surface area contributed by atoms with E-state index in [1.54, 1.807) is 30.3 Å². The van der Waals surface area contributed by atoms with Gasteiger partial charge in [0.25, 0.3) is 0 Å². The molecule has 6 N–H and O–H groups in total. The Hall–Kier alpha value is -2.94. The average molecular weight is 365 g/mol. The van der Waals surface area contributed by atoms with E-state index in [9.17, 15) is 24.3 Å². The normalized spacial score (nSPS) is 13.9. The Kier molecular flexibility index (Phi) is 8.23. The van der Waals surface area contributed by atoms with Gasteiger partial charge in [-0.15, -0.1) is 0 Å². The zero-order valence-corrected chi connectivity index (χ0v) is 14.3. The molecule has 0 aromatic heterocycles. The van der Waals surface area contributed by atoms with Gasteiger partial charge in [0.1, 0.15) is 12.1 Å². The van der Waals surface area contributed by atoms with Crippen LogP contribution in [-0.2, 0) is 25.6 Å². The molecule has 0 aliphatic rings. The average Bonchev–Trinajstić information content (AvgIpc) is 2.58. The van der Waals surface area contributed by atoms with Crippen molar-refractivity contribution in [2.75, 3.05) is 0 Å². The fourth-order valence-corrected chi connectivity index (χ4v) is 2.16. The molecule has 0 saturated heterocycles. The van der Waals surface area contributed by atoms with E-state index in [4.69, 9.17) is 10.8 Å². The fourth-order valence-electron chi connectivity index (χ4n) is 2.16. The Bertz CT molecular complexity index is 647. The van der Waals surface area contributed by atoms with Crippen molar-refractivity contribution in [1.29, 1.82) is 0 Å². The number of carbonyl (C=O) groups excluding carboxylic acids is 2. The minimum atomic E-state index is -1.24. The van der Waals surface area contributed by atoms with Crippen LogP contribution in [0.1, 0.15) is 25.3 Å². The summed E-state index contributed by atoms with van der Waals surface area (Å²) < 4.78 is 0. The predicted octanol–water partition coefficient (Wildman–Crippen LogP) is -0.505. The van der Waals surface area contributed by atoms with Gasteiger partial charge in [-0.25, -0.2) is 4.79 Å². The zero-order valence-electron chi connectivity index (χ0n) is 14.3. The summed E-state index contributed by atoms with van der Waals surface area (Å²) in [6, 6.07) is 5.41. The van der Waals surface area contributed by atoms with Gasteiger partial charge in [-0.1, -0.05) is 30.3 Å². The minimum absolute atomic E-state index is 0.0504. The quantitative estimate of drug-likeness (QED) is 0.373. The third-order valence-corrected chi connectivity index (χ3v) is 3.59. The standard InChI is InChI=1S/C17H23N3O6/c1-10(18)15(23)19-12(7-8-14(21)22)16(24)20-13(17(25)26)9-11-5-3-2-4-6-11/h2-6,10,12-13H,7-9,18H2,1H3,(H,19,23)(H,20,24)(H,21,22)(H,25,26). The molecule has 0 spiro atoms. The number of hydrogen-bond acceptors (Lipinski definition) is 5. The van der Waals surface area contributed by atoms with Crippen molar-refractivity contribution in [3.8, 4) is 0 Å². The van der Waals surface area contributed by atoms with Crippen molar-refractivity contribution in [2.24, 2.45) is 5.73 Å². The van der Waals surface area contributed by atoms with Crippen LogP contribution < -0.4 is 16.4 Å². The molecule has 2 amide bonds. The van der Waals surface area contributed by atoms with E-state index in [0.29, 0.717) is 5.56 Å². The molecule has 9 heteroatoms. The first kappa shape index (κ1) is 21.1.